The van der Waals surface area contributed by atoms with Gasteiger partial charge < -0.3 is 4.98 Å². The molecule has 0 aliphatic rings. The normalized spacial score (nSPS) is 10.8. The van der Waals surface area contributed by atoms with Crippen molar-refractivity contribution in [1.29, 1.82) is 0 Å². The fourth-order valence-corrected chi connectivity index (χ4v) is 3.19. The number of H-pyrrole nitrogens is 1. The Bertz CT molecular complexity index is 876. The molecule has 6 heteroatoms. The third-order valence-electron chi connectivity index (χ3n) is 3.61. The molecule has 0 fully saturated rings. The summed E-state index contributed by atoms with van der Waals surface area (Å²) in [7, 11) is 0. The van der Waals surface area contributed by atoms with Crippen LogP contribution in [0.1, 0.15) is 22.4 Å². The highest BCUT2D eigenvalue weighted by Gasteiger charge is 2.09. The molecule has 24 heavy (non-hydrogen) atoms. The van der Waals surface area contributed by atoms with Gasteiger partial charge in [-0.05, 0) is 41.8 Å². The smallest absolute Gasteiger partial charge is 0.251 e. The molecule has 3 rings (SSSR count). The number of pyridine rings is 1. The Morgan fingerprint density at radius 3 is 2.75 bits per heavy atom. The minimum absolute atomic E-state index is 0.230. The Balaban J connectivity index is 1.80. The van der Waals surface area contributed by atoms with Crippen molar-refractivity contribution < 1.29 is 4.39 Å². The molecule has 0 aliphatic heterocycles. The van der Waals surface area contributed by atoms with Crippen LogP contribution in [-0.4, -0.2) is 15.0 Å². The van der Waals surface area contributed by atoms with Gasteiger partial charge in [-0.25, -0.2) is 9.37 Å². The Kier molecular flexibility index (Phi) is 5.05. The first kappa shape index (κ1) is 16.4. The molecule has 1 N–H and O–H groups in total. The van der Waals surface area contributed by atoms with Gasteiger partial charge in [0.2, 0.25) is 0 Å². The van der Waals surface area contributed by atoms with E-state index >= 15 is 0 Å². The van der Waals surface area contributed by atoms with E-state index in [0.717, 1.165) is 11.1 Å². The molecule has 3 aromatic rings. The third kappa shape index (κ3) is 4.08. The molecule has 0 bridgehead atoms. The number of nitrogens with zero attached hydrogens (tertiary/aromatic N) is 2. The summed E-state index contributed by atoms with van der Waals surface area (Å²) in [6.45, 7) is 1.85. The topological polar surface area (TPSA) is 58.6 Å². The van der Waals surface area contributed by atoms with Crippen molar-refractivity contribution in [2.75, 3.05) is 0 Å². The average Bonchev–Trinajstić information content (AvgIpc) is 2.57. The molecule has 0 saturated carbocycles. The Labute approximate surface area is 143 Å². The van der Waals surface area contributed by atoms with Gasteiger partial charge >= 0.3 is 0 Å². The van der Waals surface area contributed by atoms with Gasteiger partial charge in [0, 0.05) is 30.6 Å². The van der Waals surface area contributed by atoms with Crippen molar-refractivity contribution in [1.82, 2.24) is 15.0 Å². The SMILES string of the molecule is Cc1cccc(F)c1Cc1cc(=O)[nH]c(SCc2ccncc2)n1. The van der Waals surface area contributed by atoms with E-state index in [2.05, 4.69) is 15.0 Å². The highest BCUT2D eigenvalue weighted by Crippen LogP contribution is 2.20. The molecule has 0 amide bonds. The van der Waals surface area contributed by atoms with E-state index in [1.807, 2.05) is 25.1 Å². The zero-order chi connectivity index (χ0) is 16.9. The quantitative estimate of drug-likeness (QED) is 0.570. The number of nitrogens with one attached hydrogen (secondary N) is 1. The largest absolute Gasteiger partial charge is 0.301 e. The van der Waals surface area contributed by atoms with E-state index in [4.69, 9.17) is 0 Å². The molecule has 0 spiro atoms. The van der Waals surface area contributed by atoms with Crippen LogP contribution in [0.25, 0.3) is 0 Å². The van der Waals surface area contributed by atoms with Gasteiger partial charge in [-0.1, -0.05) is 23.9 Å². The maximum absolute atomic E-state index is 14.0. The lowest BCUT2D eigenvalue weighted by Crippen LogP contribution is -2.11. The lowest BCUT2D eigenvalue weighted by molar-refractivity contribution is 0.610. The first-order valence-corrected chi connectivity index (χ1v) is 8.46. The van der Waals surface area contributed by atoms with Crippen molar-refractivity contribution in [2.45, 2.75) is 24.3 Å². The van der Waals surface area contributed by atoms with Gasteiger partial charge in [-0.3, -0.25) is 9.78 Å². The Hall–Kier alpha value is -2.47. The predicted molar refractivity (Wildman–Crippen MR) is 92.6 cm³/mol. The number of aromatic amines is 1. The molecule has 0 atom stereocenters. The van der Waals surface area contributed by atoms with E-state index in [9.17, 15) is 9.18 Å². The number of hydrogen-bond donors (Lipinski definition) is 1. The number of thioether (sulfide) groups is 1. The van der Waals surface area contributed by atoms with Crippen LogP contribution in [0.3, 0.4) is 0 Å². The second-order valence-corrected chi connectivity index (χ2v) is 6.36. The van der Waals surface area contributed by atoms with Crippen LogP contribution in [0, 0.1) is 12.7 Å². The molecule has 4 nitrogen and oxygen atoms in total. The molecule has 1 aromatic carbocycles. The van der Waals surface area contributed by atoms with Crippen molar-refractivity contribution in [3.05, 3.63) is 87.3 Å². The van der Waals surface area contributed by atoms with E-state index in [0.29, 0.717) is 28.6 Å². The van der Waals surface area contributed by atoms with Crippen LogP contribution in [0.2, 0.25) is 0 Å². The molecule has 122 valence electrons. The Morgan fingerprint density at radius 1 is 1.21 bits per heavy atom. The van der Waals surface area contributed by atoms with Gasteiger partial charge in [0.1, 0.15) is 5.82 Å². The maximum atomic E-state index is 14.0. The van der Waals surface area contributed by atoms with Gasteiger partial charge in [0.05, 0.1) is 5.69 Å². The first-order chi connectivity index (χ1) is 11.6. The fourth-order valence-electron chi connectivity index (χ4n) is 2.34. The van der Waals surface area contributed by atoms with Crippen LogP contribution >= 0.6 is 11.8 Å². The monoisotopic (exact) mass is 341 g/mol. The summed E-state index contributed by atoms with van der Waals surface area (Å²) in [4.78, 5) is 23.0. The average molecular weight is 341 g/mol. The summed E-state index contributed by atoms with van der Waals surface area (Å²) in [6.07, 6.45) is 3.75. The summed E-state index contributed by atoms with van der Waals surface area (Å²) in [5, 5.41) is 0.531. The number of benzene rings is 1. The number of aromatic nitrogens is 3. The minimum Gasteiger partial charge on any atom is -0.301 e. The fraction of sp³-hybridized carbons (Fsp3) is 0.167. The number of hydrogen-bond acceptors (Lipinski definition) is 4. The second-order valence-electron chi connectivity index (χ2n) is 5.40. The highest BCUT2D eigenvalue weighted by atomic mass is 32.2. The van der Waals surface area contributed by atoms with Gasteiger partial charge in [-0.2, -0.15) is 0 Å². The molecule has 2 heterocycles. The summed E-state index contributed by atoms with van der Waals surface area (Å²) in [6, 6.07) is 10.2. The van der Waals surface area contributed by atoms with Gasteiger partial charge in [-0.15, -0.1) is 0 Å². The van der Waals surface area contributed by atoms with Crippen LogP contribution in [0.4, 0.5) is 4.39 Å². The summed E-state index contributed by atoms with van der Waals surface area (Å²) in [5.74, 6) is 0.399. The molecule has 0 unspecified atom stereocenters. The first-order valence-electron chi connectivity index (χ1n) is 7.48. The lowest BCUT2D eigenvalue weighted by Gasteiger charge is -2.08. The van der Waals surface area contributed by atoms with Gasteiger partial charge in [0.25, 0.3) is 5.56 Å². The zero-order valence-corrected chi connectivity index (χ0v) is 13.9. The maximum Gasteiger partial charge on any atom is 0.251 e. The minimum atomic E-state index is -0.275. The van der Waals surface area contributed by atoms with E-state index < -0.39 is 0 Å². The zero-order valence-electron chi connectivity index (χ0n) is 13.1. The molecule has 0 saturated heterocycles. The summed E-state index contributed by atoms with van der Waals surface area (Å²) in [5.41, 5.74) is 2.84. The van der Waals surface area contributed by atoms with Crippen molar-refractivity contribution >= 4 is 11.8 Å². The molecular formula is C18H16FN3OS. The van der Waals surface area contributed by atoms with Crippen molar-refractivity contribution in [3.8, 4) is 0 Å². The van der Waals surface area contributed by atoms with Crippen molar-refractivity contribution in [2.24, 2.45) is 0 Å². The molecule has 0 aliphatic carbocycles. The lowest BCUT2D eigenvalue weighted by atomic mass is 10.0. The van der Waals surface area contributed by atoms with E-state index in [-0.39, 0.29) is 11.4 Å². The van der Waals surface area contributed by atoms with Crippen LogP contribution in [0.15, 0.2) is 58.7 Å². The Morgan fingerprint density at radius 2 is 2.00 bits per heavy atom. The number of aryl methyl sites for hydroxylation is 1. The number of rotatable bonds is 5. The van der Waals surface area contributed by atoms with Crippen LogP contribution in [-0.2, 0) is 12.2 Å². The van der Waals surface area contributed by atoms with E-state index in [1.165, 1.54) is 23.9 Å². The molecular weight excluding hydrogens is 325 g/mol. The number of halogens is 1. The molecule has 0 radical (unpaired) electrons. The highest BCUT2D eigenvalue weighted by molar-refractivity contribution is 7.98. The van der Waals surface area contributed by atoms with Crippen LogP contribution in [0.5, 0.6) is 0 Å². The third-order valence-corrected chi connectivity index (χ3v) is 4.55. The van der Waals surface area contributed by atoms with Crippen LogP contribution < -0.4 is 5.56 Å². The summed E-state index contributed by atoms with van der Waals surface area (Å²) < 4.78 is 14.0. The summed E-state index contributed by atoms with van der Waals surface area (Å²) >= 11 is 1.43. The van der Waals surface area contributed by atoms with E-state index in [1.54, 1.807) is 18.5 Å². The molecule has 2 aromatic heterocycles. The second kappa shape index (κ2) is 7.40. The predicted octanol–water partition coefficient (Wildman–Crippen LogP) is 3.50. The van der Waals surface area contributed by atoms with Gasteiger partial charge in [0.15, 0.2) is 5.16 Å². The van der Waals surface area contributed by atoms with Crippen molar-refractivity contribution in [3.63, 3.8) is 0 Å². The standard InChI is InChI=1S/C18H16FN3OS/c1-12-3-2-4-16(19)15(12)9-14-10-17(23)22-18(21-14)24-11-13-5-7-20-8-6-13/h2-8,10H,9,11H2,1H3,(H,21,22,23).